The van der Waals surface area contributed by atoms with Crippen LogP contribution in [0.5, 0.6) is 5.75 Å². The van der Waals surface area contributed by atoms with Gasteiger partial charge in [-0.15, -0.1) is 0 Å². The molecule has 0 saturated carbocycles. The first-order valence-electron chi connectivity index (χ1n) is 13.2. The number of nitrogens with one attached hydrogen (secondary N) is 4. The number of ether oxygens (including phenoxy) is 2. The summed E-state index contributed by atoms with van der Waals surface area (Å²) < 4.78 is 11.5. The number of aryl methyl sites for hydroxylation is 1. The number of nitrogens with zero attached hydrogens (tertiary/aromatic N) is 2. The Hall–Kier alpha value is -3.79. The van der Waals surface area contributed by atoms with Crippen LogP contribution in [0.3, 0.4) is 0 Å². The van der Waals surface area contributed by atoms with E-state index in [9.17, 15) is 0 Å². The number of aromatic amines is 2. The lowest BCUT2D eigenvalue weighted by Crippen LogP contribution is -2.57. The third-order valence-corrected chi connectivity index (χ3v) is 7.29. The molecule has 6 N–H and O–H groups in total. The Morgan fingerprint density at radius 1 is 1.11 bits per heavy atom. The average molecular weight is 514 g/mol. The molecule has 1 fully saturated rings. The first-order valence-corrected chi connectivity index (χ1v) is 13.2. The fourth-order valence-electron chi connectivity index (χ4n) is 5.17. The Labute approximate surface area is 222 Å². The highest BCUT2D eigenvalue weighted by Crippen LogP contribution is 2.26. The predicted molar refractivity (Wildman–Crippen MR) is 151 cm³/mol. The van der Waals surface area contributed by atoms with E-state index in [-0.39, 0.29) is 0 Å². The fraction of sp³-hybridized carbons (Fsp3) is 0.345. The maximum absolute atomic E-state index is 6.76. The zero-order chi connectivity index (χ0) is 26.0. The third-order valence-electron chi connectivity index (χ3n) is 7.29. The number of guanidine groups is 1. The first kappa shape index (κ1) is 24.5. The van der Waals surface area contributed by atoms with Crippen molar-refractivity contribution < 1.29 is 9.47 Å². The van der Waals surface area contributed by atoms with Crippen molar-refractivity contribution in [2.24, 2.45) is 10.7 Å². The van der Waals surface area contributed by atoms with Gasteiger partial charge in [-0.25, -0.2) is 0 Å². The molecule has 9 nitrogen and oxygen atoms in total. The van der Waals surface area contributed by atoms with E-state index in [2.05, 4.69) is 69.0 Å². The maximum atomic E-state index is 6.76. The minimum atomic E-state index is -0.836. The molecule has 2 aliphatic rings. The van der Waals surface area contributed by atoms with Crippen molar-refractivity contribution in [1.29, 1.82) is 0 Å². The van der Waals surface area contributed by atoms with Crippen LogP contribution in [0.1, 0.15) is 16.8 Å². The molecule has 2 aromatic carbocycles. The van der Waals surface area contributed by atoms with Gasteiger partial charge < -0.3 is 35.8 Å². The quantitative estimate of drug-likeness (QED) is 0.247. The molecule has 2 aromatic heterocycles. The standard InChI is InChI=1S/C29H35N7O2/c1-20-16-22-17-23(2-4-26(22)34-20)29(30)7-9-32-28(35-29)31-8-6-21-19-33-27-5-3-24(18-25(21)27)38-15-12-36-10-13-37-14-11-36/h2-5,7,9,16-19,33-34H,6,8,10-15,30H2,1H3,(H2,31,32,35). The predicted octanol–water partition coefficient (Wildman–Crippen LogP) is 3.09. The van der Waals surface area contributed by atoms with Crippen molar-refractivity contribution in [1.82, 2.24) is 25.5 Å². The Balaban J connectivity index is 1.09. The molecule has 0 aliphatic carbocycles. The number of rotatable bonds is 8. The summed E-state index contributed by atoms with van der Waals surface area (Å²) in [5.74, 6) is 1.55. The zero-order valence-electron chi connectivity index (χ0n) is 21.7. The van der Waals surface area contributed by atoms with E-state index in [4.69, 9.17) is 20.2 Å². The number of hydrogen-bond donors (Lipinski definition) is 5. The van der Waals surface area contributed by atoms with Gasteiger partial charge in [-0.1, -0.05) is 6.07 Å². The van der Waals surface area contributed by atoms with Crippen LogP contribution in [0.25, 0.3) is 21.8 Å². The number of hydrogen-bond acceptors (Lipinski definition) is 5. The molecule has 1 atom stereocenters. The van der Waals surface area contributed by atoms with Crippen LogP contribution >= 0.6 is 0 Å². The summed E-state index contributed by atoms with van der Waals surface area (Å²) in [6.45, 7) is 7.80. The van der Waals surface area contributed by atoms with E-state index in [0.29, 0.717) is 19.1 Å². The van der Waals surface area contributed by atoms with Crippen LogP contribution in [0, 0.1) is 6.92 Å². The normalized spacial score (nSPS) is 21.2. The zero-order valence-corrected chi connectivity index (χ0v) is 21.7. The van der Waals surface area contributed by atoms with Crippen molar-refractivity contribution in [3.05, 3.63) is 77.8 Å². The van der Waals surface area contributed by atoms with Crippen LogP contribution in [0.4, 0.5) is 0 Å². The second kappa shape index (κ2) is 10.5. The van der Waals surface area contributed by atoms with Crippen molar-refractivity contribution in [3.8, 4) is 5.75 Å². The topological polar surface area (TPSA) is 116 Å². The summed E-state index contributed by atoms with van der Waals surface area (Å²) in [5.41, 5.74) is 11.4. The molecule has 6 rings (SSSR count). The number of H-pyrrole nitrogens is 2. The minimum Gasteiger partial charge on any atom is -0.492 e. The SMILES string of the molecule is Cc1cc2cc(C3(N)C=CNC(=NCCc4c[nH]c5ccc(OCCN6CCOCC6)cc45)N3)ccc2[nH]1. The lowest BCUT2D eigenvalue weighted by molar-refractivity contribution is 0.0322. The first-order chi connectivity index (χ1) is 18.6. The van der Waals surface area contributed by atoms with E-state index in [0.717, 1.165) is 72.7 Å². The highest BCUT2D eigenvalue weighted by atomic mass is 16.5. The number of morpholine rings is 1. The van der Waals surface area contributed by atoms with Gasteiger partial charge in [-0.3, -0.25) is 9.89 Å². The van der Waals surface area contributed by atoms with Gasteiger partial charge in [-0.2, -0.15) is 0 Å². The summed E-state index contributed by atoms with van der Waals surface area (Å²) in [6, 6.07) is 14.6. The van der Waals surface area contributed by atoms with Crippen LogP contribution < -0.4 is 21.1 Å². The Bertz CT molecular complexity index is 1480. The highest BCUT2D eigenvalue weighted by molar-refractivity contribution is 5.86. The van der Waals surface area contributed by atoms with Gasteiger partial charge in [0.25, 0.3) is 0 Å². The highest BCUT2D eigenvalue weighted by Gasteiger charge is 2.28. The second-order valence-corrected chi connectivity index (χ2v) is 10.0. The van der Waals surface area contributed by atoms with E-state index < -0.39 is 5.66 Å². The Morgan fingerprint density at radius 3 is 2.87 bits per heavy atom. The molecule has 0 bridgehead atoms. The Kier molecular flexibility index (Phi) is 6.80. The van der Waals surface area contributed by atoms with Gasteiger partial charge in [0.1, 0.15) is 18.0 Å². The molecule has 4 heterocycles. The van der Waals surface area contributed by atoms with Crippen LogP contribution in [-0.4, -0.2) is 66.8 Å². The molecule has 198 valence electrons. The summed E-state index contributed by atoms with van der Waals surface area (Å²) in [6.07, 6.45) is 6.63. The van der Waals surface area contributed by atoms with Crippen LogP contribution in [0.15, 0.2) is 65.9 Å². The van der Waals surface area contributed by atoms with E-state index in [1.165, 1.54) is 10.9 Å². The molecule has 9 heteroatoms. The van der Waals surface area contributed by atoms with Crippen LogP contribution in [-0.2, 0) is 16.8 Å². The van der Waals surface area contributed by atoms with Gasteiger partial charge in [0.2, 0.25) is 0 Å². The molecular weight excluding hydrogens is 478 g/mol. The molecule has 2 aliphatic heterocycles. The molecule has 1 unspecified atom stereocenters. The van der Waals surface area contributed by atoms with Crippen molar-refractivity contribution in [3.63, 3.8) is 0 Å². The van der Waals surface area contributed by atoms with E-state index in [1.807, 2.05) is 24.4 Å². The second-order valence-electron chi connectivity index (χ2n) is 10.0. The molecule has 0 spiro atoms. The Morgan fingerprint density at radius 2 is 1.97 bits per heavy atom. The van der Waals surface area contributed by atoms with E-state index >= 15 is 0 Å². The smallest absolute Gasteiger partial charge is 0.197 e. The fourth-order valence-corrected chi connectivity index (χ4v) is 5.17. The van der Waals surface area contributed by atoms with Crippen molar-refractivity contribution in [2.45, 2.75) is 19.0 Å². The lowest BCUT2D eigenvalue weighted by Gasteiger charge is -2.32. The van der Waals surface area contributed by atoms with Gasteiger partial charge in [0.05, 0.1) is 13.2 Å². The molecule has 0 amide bonds. The number of aliphatic imine (C=N–C) groups is 1. The summed E-state index contributed by atoms with van der Waals surface area (Å²) >= 11 is 0. The molecular formula is C29H35N7O2. The average Bonchev–Trinajstić information content (AvgIpc) is 3.51. The van der Waals surface area contributed by atoms with E-state index in [1.54, 1.807) is 0 Å². The van der Waals surface area contributed by atoms with Gasteiger partial charge in [0.15, 0.2) is 5.96 Å². The number of benzene rings is 2. The summed E-state index contributed by atoms with van der Waals surface area (Å²) in [4.78, 5) is 13.9. The monoisotopic (exact) mass is 513 g/mol. The molecule has 4 aromatic rings. The van der Waals surface area contributed by atoms with Crippen molar-refractivity contribution >= 4 is 27.8 Å². The third kappa shape index (κ3) is 5.26. The van der Waals surface area contributed by atoms with Gasteiger partial charge in [0, 0.05) is 66.1 Å². The number of aromatic nitrogens is 2. The van der Waals surface area contributed by atoms with Gasteiger partial charge >= 0.3 is 0 Å². The van der Waals surface area contributed by atoms with Gasteiger partial charge in [-0.05, 0) is 66.9 Å². The lowest BCUT2D eigenvalue weighted by atomic mass is 9.98. The largest absolute Gasteiger partial charge is 0.492 e. The summed E-state index contributed by atoms with van der Waals surface area (Å²) in [5, 5.41) is 8.88. The molecule has 1 saturated heterocycles. The van der Waals surface area contributed by atoms with Crippen LogP contribution in [0.2, 0.25) is 0 Å². The van der Waals surface area contributed by atoms with Crippen molar-refractivity contribution in [2.75, 3.05) is 46.0 Å². The summed E-state index contributed by atoms with van der Waals surface area (Å²) in [7, 11) is 0. The molecule has 38 heavy (non-hydrogen) atoms. The minimum absolute atomic E-state index is 0.615. The number of fused-ring (bicyclic) bond motifs is 2. The number of nitrogens with two attached hydrogens (primary N) is 1. The molecule has 0 radical (unpaired) electrons. The maximum Gasteiger partial charge on any atom is 0.197 e.